The number of likely N-dealkylation sites (N-methyl/N-ethyl adjacent to an activating group) is 1. The largest absolute Gasteiger partial charge is 0.507 e. The Balaban J connectivity index is 1.53. The second-order valence-electron chi connectivity index (χ2n) is 9.99. The summed E-state index contributed by atoms with van der Waals surface area (Å²) < 4.78 is 30.9. The van der Waals surface area contributed by atoms with Gasteiger partial charge in [0.05, 0.1) is 10.6 Å². The van der Waals surface area contributed by atoms with Gasteiger partial charge in [-0.2, -0.15) is 4.98 Å². The summed E-state index contributed by atoms with van der Waals surface area (Å²) in [6.07, 6.45) is 2.19. The number of aromatic hydroxyl groups is 1. The van der Waals surface area contributed by atoms with Crippen LogP contribution < -0.4 is 15.1 Å². The molecule has 3 aliphatic rings. The first-order chi connectivity index (χ1) is 16.8. The SMILES string of the molecule is CN(C)C1CN(c2nc(N3CC4CCC(C3)N4)c3cc(Cl)c(-c4c(O)cccc4F)c(F)c3n2)C1. The summed E-state index contributed by atoms with van der Waals surface area (Å²) >= 11 is 6.54. The number of anilines is 2. The second kappa shape index (κ2) is 8.43. The van der Waals surface area contributed by atoms with Gasteiger partial charge in [0.25, 0.3) is 0 Å². The zero-order valence-corrected chi connectivity index (χ0v) is 20.4. The Labute approximate surface area is 207 Å². The standard InChI is InChI=1S/C25H27ClF2N6O/c1-32(2)15-11-34(12-15)25-30-23-16(24(31-25)33-9-13-6-7-14(10-33)29-13)8-17(26)20(22(23)28)21-18(27)4-3-5-19(21)35/h3-5,8,13-15,29,35H,6-7,9-12H2,1-2H3. The molecule has 0 amide bonds. The van der Waals surface area contributed by atoms with Crippen LogP contribution >= 0.6 is 11.6 Å². The van der Waals surface area contributed by atoms with E-state index >= 15 is 4.39 Å². The maximum absolute atomic E-state index is 16.1. The molecule has 0 spiro atoms. The van der Waals surface area contributed by atoms with Crippen molar-refractivity contribution in [2.75, 3.05) is 50.1 Å². The van der Waals surface area contributed by atoms with Crippen LogP contribution in [-0.4, -0.2) is 78.4 Å². The first kappa shape index (κ1) is 22.7. The van der Waals surface area contributed by atoms with E-state index in [4.69, 9.17) is 16.6 Å². The average Bonchev–Trinajstić information content (AvgIpc) is 3.11. The van der Waals surface area contributed by atoms with Crippen LogP contribution in [0, 0.1) is 11.6 Å². The molecule has 4 heterocycles. The third kappa shape index (κ3) is 3.77. The number of halogens is 3. The molecule has 184 valence electrons. The normalized spacial score (nSPS) is 22.3. The van der Waals surface area contributed by atoms with Crippen molar-refractivity contribution in [1.29, 1.82) is 0 Å². The minimum absolute atomic E-state index is 0.00253. The predicted octanol–water partition coefficient (Wildman–Crippen LogP) is 3.62. The number of nitrogens with one attached hydrogen (secondary N) is 1. The van der Waals surface area contributed by atoms with E-state index in [2.05, 4.69) is 20.1 Å². The highest BCUT2D eigenvalue weighted by molar-refractivity contribution is 6.34. The van der Waals surface area contributed by atoms with Crippen molar-refractivity contribution in [3.63, 3.8) is 0 Å². The fraction of sp³-hybridized carbons (Fsp3) is 0.440. The fourth-order valence-electron chi connectivity index (χ4n) is 5.46. The quantitative estimate of drug-likeness (QED) is 0.567. The van der Waals surface area contributed by atoms with Crippen LogP contribution in [0.1, 0.15) is 12.8 Å². The van der Waals surface area contributed by atoms with E-state index in [-0.39, 0.29) is 27.4 Å². The summed E-state index contributed by atoms with van der Waals surface area (Å²) in [5.74, 6) is -0.811. The molecule has 3 aliphatic heterocycles. The van der Waals surface area contributed by atoms with Crippen molar-refractivity contribution < 1.29 is 13.9 Å². The van der Waals surface area contributed by atoms with Crippen LogP contribution in [-0.2, 0) is 0 Å². The van der Waals surface area contributed by atoms with Crippen molar-refractivity contribution in [3.8, 4) is 16.9 Å². The second-order valence-corrected chi connectivity index (χ2v) is 10.4. The predicted molar refractivity (Wildman–Crippen MR) is 133 cm³/mol. The number of phenolic OH excluding ortho intramolecular Hbond substituents is 1. The van der Waals surface area contributed by atoms with Gasteiger partial charge in [-0.05, 0) is 45.1 Å². The van der Waals surface area contributed by atoms with Crippen molar-refractivity contribution in [1.82, 2.24) is 20.2 Å². The van der Waals surface area contributed by atoms with Crippen LogP contribution in [0.5, 0.6) is 5.75 Å². The van der Waals surface area contributed by atoms with Crippen molar-refractivity contribution in [3.05, 3.63) is 40.9 Å². The number of aromatic nitrogens is 2. The van der Waals surface area contributed by atoms with E-state index in [0.29, 0.717) is 35.3 Å². The van der Waals surface area contributed by atoms with Crippen LogP contribution in [0.3, 0.4) is 0 Å². The monoisotopic (exact) mass is 500 g/mol. The van der Waals surface area contributed by atoms with Gasteiger partial charge in [-0.15, -0.1) is 0 Å². The number of phenols is 1. The van der Waals surface area contributed by atoms with Crippen LogP contribution in [0.4, 0.5) is 20.5 Å². The van der Waals surface area contributed by atoms with E-state index in [1.54, 1.807) is 6.07 Å². The average molecular weight is 501 g/mol. The van der Waals surface area contributed by atoms with Gasteiger partial charge in [-0.25, -0.2) is 13.8 Å². The third-order valence-electron chi connectivity index (χ3n) is 7.48. The van der Waals surface area contributed by atoms with Gasteiger partial charge in [0.1, 0.15) is 22.9 Å². The molecule has 3 aromatic rings. The van der Waals surface area contributed by atoms with Gasteiger partial charge in [-0.3, -0.25) is 0 Å². The van der Waals surface area contributed by atoms with Gasteiger partial charge in [0, 0.05) is 55.3 Å². The van der Waals surface area contributed by atoms with E-state index in [1.807, 2.05) is 19.0 Å². The number of piperazine rings is 1. The molecule has 6 rings (SSSR count). The Kier molecular flexibility index (Phi) is 5.47. The van der Waals surface area contributed by atoms with Gasteiger partial charge in [0.15, 0.2) is 5.82 Å². The maximum Gasteiger partial charge on any atom is 0.228 e. The van der Waals surface area contributed by atoms with Gasteiger partial charge < -0.3 is 25.1 Å². The maximum atomic E-state index is 16.1. The van der Waals surface area contributed by atoms with E-state index in [9.17, 15) is 9.50 Å². The minimum Gasteiger partial charge on any atom is -0.507 e. The third-order valence-corrected chi connectivity index (χ3v) is 7.78. The van der Waals surface area contributed by atoms with Crippen LogP contribution in [0.15, 0.2) is 24.3 Å². The molecule has 3 saturated heterocycles. The topological polar surface area (TPSA) is 67.8 Å². The summed E-state index contributed by atoms with van der Waals surface area (Å²) in [5, 5.41) is 14.4. The summed E-state index contributed by atoms with van der Waals surface area (Å²) in [6, 6.07) is 6.54. The Morgan fingerprint density at radius 2 is 1.74 bits per heavy atom. The molecule has 0 saturated carbocycles. The number of fused-ring (bicyclic) bond motifs is 3. The molecule has 1 aromatic heterocycles. The highest BCUT2D eigenvalue weighted by Gasteiger charge is 2.36. The molecule has 2 bridgehead atoms. The number of benzene rings is 2. The minimum atomic E-state index is -0.763. The summed E-state index contributed by atoms with van der Waals surface area (Å²) in [4.78, 5) is 15.9. The zero-order chi connectivity index (χ0) is 24.4. The Bertz CT molecular complexity index is 1280. The molecule has 2 aromatic carbocycles. The lowest BCUT2D eigenvalue weighted by atomic mass is 10.0. The van der Waals surface area contributed by atoms with Gasteiger partial charge in [0.2, 0.25) is 5.95 Å². The lowest BCUT2D eigenvalue weighted by molar-refractivity contribution is 0.245. The molecule has 7 nitrogen and oxygen atoms in total. The van der Waals surface area contributed by atoms with Gasteiger partial charge >= 0.3 is 0 Å². The summed E-state index contributed by atoms with van der Waals surface area (Å²) in [6.45, 7) is 3.00. The molecule has 2 unspecified atom stereocenters. The molecular weight excluding hydrogens is 474 g/mol. The molecule has 10 heteroatoms. The lowest BCUT2D eigenvalue weighted by Gasteiger charge is -2.43. The summed E-state index contributed by atoms with van der Waals surface area (Å²) in [7, 11) is 4.06. The van der Waals surface area contributed by atoms with E-state index < -0.39 is 11.6 Å². The van der Waals surface area contributed by atoms with Gasteiger partial charge in [-0.1, -0.05) is 17.7 Å². The lowest BCUT2D eigenvalue weighted by Crippen LogP contribution is -2.58. The number of rotatable bonds is 4. The molecule has 2 atom stereocenters. The number of hydrogen-bond donors (Lipinski definition) is 2. The molecule has 35 heavy (non-hydrogen) atoms. The van der Waals surface area contributed by atoms with Crippen molar-refractivity contribution >= 4 is 34.3 Å². The Hall–Kier alpha value is -2.75. The number of hydrogen-bond acceptors (Lipinski definition) is 7. The molecular formula is C25H27ClF2N6O. The Morgan fingerprint density at radius 1 is 1.03 bits per heavy atom. The first-order valence-electron chi connectivity index (χ1n) is 11.9. The summed E-state index contributed by atoms with van der Waals surface area (Å²) in [5.41, 5.74) is -0.387. The van der Waals surface area contributed by atoms with Crippen LogP contribution in [0.2, 0.25) is 5.02 Å². The zero-order valence-electron chi connectivity index (χ0n) is 19.6. The first-order valence-corrected chi connectivity index (χ1v) is 12.3. The number of nitrogens with zero attached hydrogens (tertiary/aromatic N) is 5. The van der Waals surface area contributed by atoms with Crippen molar-refractivity contribution in [2.45, 2.75) is 31.0 Å². The molecule has 0 aliphatic carbocycles. The highest BCUT2D eigenvalue weighted by Crippen LogP contribution is 2.43. The molecule has 2 N–H and O–H groups in total. The van der Waals surface area contributed by atoms with E-state index in [0.717, 1.165) is 39.0 Å². The molecule has 0 radical (unpaired) electrons. The van der Waals surface area contributed by atoms with E-state index in [1.165, 1.54) is 18.2 Å². The highest BCUT2D eigenvalue weighted by atomic mass is 35.5. The smallest absolute Gasteiger partial charge is 0.228 e. The van der Waals surface area contributed by atoms with Crippen LogP contribution in [0.25, 0.3) is 22.0 Å². The molecule has 3 fully saturated rings. The van der Waals surface area contributed by atoms with Crippen molar-refractivity contribution in [2.24, 2.45) is 0 Å². The Morgan fingerprint density at radius 3 is 2.40 bits per heavy atom. The fourth-order valence-corrected chi connectivity index (χ4v) is 5.74.